The number of amides is 2. The van der Waals surface area contributed by atoms with Crippen molar-refractivity contribution < 1.29 is 23.9 Å². The predicted octanol–water partition coefficient (Wildman–Crippen LogP) is 2.38. The second-order valence-electron chi connectivity index (χ2n) is 6.40. The molecule has 28 heavy (non-hydrogen) atoms. The van der Waals surface area contributed by atoms with Crippen LogP contribution in [-0.2, 0) is 9.53 Å². The van der Waals surface area contributed by atoms with E-state index in [-0.39, 0.29) is 24.2 Å². The van der Waals surface area contributed by atoms with Crippen molar-refractivity contribution in [2.75, 3.05) is 38.2 Å². The number of morpholine rings is 1. The molecule has 2 amide bonds. The number of carbonyl (C=O) groups excluding carboxylic acids is 3. The third kappa shape index (κ3) is 5.17. The third-order valence-electron chi connectivity index (χ3n) is 4.34. The molecule has 2 aromatic rings. The number of benzene rings is 2. The van der Waals surface area contributed by atoms with Gasteiger partial charge in [-0.1, -0.05) is 0 Å². The quantitative estimate of drug-likeness (QED) is 0.776. The van der Waals surface area contributed by atoms with Crippen LogP contribution in [0.25, 0.3) is 0 Å². The summed E-state index contributed by atoms with van der Waals surface area (Å²) >= 11 is 0. The maximum atomic E-state index is 12.4. The summed E-state index contributed by atoms with van der Waals surface area (Å²) in [7, 11) is 0. The fraction of sp³-hybridized carbons (Fsp3) is 0.286. The van der Waals surface area contributed by atoms with Crippen LogP contribution in [0.15, 0.2) is 48.5 Å². The summed E-state index contributed by atoms with van der Waals surface area (Å²) in [6, 6.07) is 13.4. The summed E-state index contributed by atoms with van der Waals surface area (Å²) in [5.74, 6) is 0.114. The van der Waals surface area contributed by atoms with E-state index in [1.807, 2.05) is 0 Å². The lowest BCUT2D eigenvalue weighted by Crippen LogP contribution is -2.40. The number of nitrogens with zero attached hydrogens (tertiary/aromatic N) is 1. The first-order chi connectivity index (χ1) is 13.5. The highest BCUT2D eigenvalue weighted by atomic mass is 16.5. The average molecular weight is 382 g/mol. The van der Waals surface area contributed by atoms with E-state index in [1.54, 1.807) is 53.4 Å². The van der Waals surface area contributed by atoms with Gasteiger partial charge < -0.3 is 19.7 Å². The Labute approximate surface area is 163 Å². The van der Waals surface area contributed by atoms with Crippen LogP contribution in [-0.4, -0.2) is 55.4 Å². The van der Waals surface area contributed by atoms with Crippen molar-refractivity contribution in [1.29, 1.82) is 0 Å². The van der Waals surface area contributed by atoms with Gasteiger partial charge >= 0.3 is 0 Å². The minimum Gasteiger partial charge on any atom is -0.484 e. The number of nitrogens with one attached hydrogen (secondary N) is 1. The highest BCUT2D eigenvalue weighted by molar-refractivity contribution is 5.96. The molecule has 1 heterocycles. The molecule has 0 spiro atoms. The molecule has 1 N–H and O–H groups in total. The van der Waals surface area contributed by atoms with Crippen molar-refractivity contribution in [3.8, 4) is 5.75 Å². The van der Waals surface area contributed by atoms with E-state index < -0.39 is 0 Å². The van der Waals surface area contributed by atoms with Crippen LogP contribution in [0.3, 0.4) is 0 Å². The number of ketones is 1. The third-order valence-corrected chi connectivity index (χ3v) is 4.34. The molecule has 2 aromatic carbocycles. The molecule has 7 nitrogen and oxygen atoms in total. The number of carbonyl (C=O) groups is 3. The van der Waals surface area contributed by atoms with Gasteiger partial charge in [-0.15, -0.1) is 0 Å². The van der Waals surface area contributed by atoms with Crippen LogP contribution in [0.2, 0.25) is 0 Å². The topological polar surface area (TPSA) is 84.9 Å². The molecule has 0 atom stereocenters. The van der Waals surface area contributed by atoms with Crippen molar-refractivity contribution in [2.24, 2.45) is 0 Å². The van der Waals surface area contributed by atoms with E-state index in [9.17, 15) is 14.4 Å². The summed E-state index contributed by atoms with van der Waals surface area (Å²) in [6.45, 7) is 3.61. The summed E-state index contributed by atoms with van der Waals surface area (Å²) < 4.78 is 10.7. The van der Waals surface area contributed by atoms with Crippen molar-refractivity contribution in [2.45, 2.75) is 6.92 Å². The van der Waals surface area contributed by atoms with Gasteiger partial charge in [0, 0.05) is 29.9 Å². The van der Waals surface area contributed by atoms with Crippen molar-refractivity contribution in [3.63, 3.8) is 0 Å². The van der Waals surface area contributed by atoms with Gasteiger partial charge in [-0.3, -0.25) is 14.4 Å². The van der Waals surface area contributed by atoms with Crippen molar-refractivity contribution in [1.82, 2.24) is 4.90 Å². The fourth-order valence-corrected chi connectivity index (χ4v) is 2.78. The summed E-state index contributed by atoms with van der Waals surface area (Å²) in [4.78, 5) is 37.4. The molecule has 1 fully saturated rings. The van der Waals surface area contributed by atoms with Gasteiger partial charge in [0.1, 0.15) is 5.75 Å². The number of rotatable bonds is 6. The largest absolute Gasteiger partial charge is 0.484 e. The van der Waals surface area contributed by atoms with Crippen LogP contribution in [0.5, 0.6) is 5.75 Å². The normalized spacial score (nSPS) is 13.7. The van der Waals surface area contributed by atoms with Gasteiger partial charge in [0.15, 0.2) is 12.4 Å². The van der Waals surface area contributed by atoms with E-state index in [1.165, 1.54) is 6.92 Å². The lowest BCUT2D eigenvalue weighted by molar-refractivity contribution is -0.118. The Morgan fingerprint density at radius 1 is 0.964 bits per heavy atom. The highest BCUT2D eigenvalue weighted by Crippen LogP contribution is 2.15. The predicted molar refractivity (Wildman–Crippen MR) is 104 cm³/mol. The number of hydrogen-bond donors (Lipinski definition) is 1. The lowest BCUT2D eigenvalue weighted by Gasteiger charge is -2.26. The first-order valence-electron chi connectivity index (χ1n) is 9.03. The highest BCUT2D eigenvalue weighted by Gasteiger charge is 2.18. The van der Waals surface area contributed by atoms with Gasteiger partial charge in [0.05, 0.1) is 13.2 Å². The van der Waals surface area contributed by atoms with Gasteiger partial charge in [0.2, 0.25) is 0 Å². The SMILES string of the molecule is CC(=O)c1ccc(NC(=O)COc2ccc(C(=O)N3CCOCC3)cc2)cc1. The molecule has 0 unspecified atom stereocenters. The fourth-order valence-electron chi connectivity index (χ4n) is 2.78. The summed E-state index contributed by atoms with van der Waals surface area (Å²) in [5, 5.41) is 2.70. The van der Waals surface area contributed by atoms with Gasteiger partial charge in [0.25, 0.3) is 11.8 Å². The molecule has 1 aliphatic heterocycles. The Hall–Kier alpha value is -3.19. The maximum absolute atomic E-state index is 12.4. The zero-order valence-electron chi connectivity index (χ0n) is 15.6. The van der Waals surface area contributed by atoms with Crippen LogP contribution in [0.1, 0.15) is 27.6 Å². The molecule has 7 heteroatoms. The minimum absolute atomic E-state index is 0.0308. The Morgan fingerprint density at radius 2 is 1.57 bits per heavy atom. The van der Waals surface area contributed by atoms with E-state index >= 15 is 0 Å². The standard InChI is InChI=1S/C21H22N2O5/c1-15(24)16-2-6-18(7-3-16)22-20(25)14-28-19-8-4-17(5-9-19)21(26)23-10-12-27-13-11-23/h2-9H,10-14H2,1H3,(H,22,25). The van der Waals surface area contributed by atoms with E-state index in [0.717, 1.165) is 0 Å². The maximum Gasteiger partial charge on any atom is 0.262 e. The summed E-state index contributed by atoms with van der Waals surface area (Å²) in [5.41, 5.74) is 1.75. The molecule has 0 aromatic heterocycles. The van der Waals surface area contributed by atoms with Gasteiger partial charge in [-0.25, -0.2) is 0 Å². The lowest BCUT2D eigenvalue weighted by atomic mass is 10.1. The van der Waals surface area contributed by atoms with E-state index in [4.69, 9.17) is 9.47 Å². The summed E-state index contributed by atoms with van der Waals surface area (Å²) in [6.07, 6.45) is 0. The molecule has 146 valence electrons. The van der Waals surface area contributed by atoms with Gasteiger partial charge in [-0.05, 0) is 55.5 Å². The Balaban J connectivity index is 1.49. The molecular formula is C21H22N2O5. The molecule has 0 aliphatic carbocycles. The monoisotopic (exact) mass is 382 g/mol. The first kappa shape index (κ1) is 19.6. The number of hydrogen-bond acceptors (Lipinski definition) is 5. The number of anilines is 1. The molecular weight excluding hydrogens is 360 g/mol. The molecule has 3 rings (SSSR count). The molecule has 0 saturated carbocycles. The molecule has 1 aliphatic rings. The zero-order valence-corrected chi connectivity index (χ0v) is 15.6. The molecule has 0 radical (unpaired) electrons. The second kappa shape index (κ2) is 9.14. The van der Waals surface area contributed by atoms with E-state index in [2.05, 4.69) is 5.32 Å². The van der Waals surface area contributed by atoms with Crippen LogP contribution in [0, 0.1) is 0 Å². The molecule has 1 saturated heterocycles. The van der Waals surface area contributed by atoms with Crippen LogP contribution >= 0.6 is 0 Å². The Bertz CT molecular complexity index is 840. The Kier molecular flexibility index (Phi) is 6.39. The van der Waals surface area contributed by atoms with Crippen molar-refractivity contribution >= 4 is 23.3 Å². The van der Waals surface area contributed by atoms with E-state index in [0.29, 0.717) is 48.9 Å². The van der Waals surface area contributed by atoms with Crippen LogP contribution < -0.4 is 10.1 Å². The van der Waals surface area contributed by atoms with Crippen LogP contribution in [0.4, 0.5) is 5.69 Å². The second-order valence-corrected chi connectivity index (χ2v) is 6.40. The number of ether oxygens (including phenoxy) is 2. The van der Waals surface area contributed by atoms with Gasteiger partial charge in [-0.2, -0.15) is 0 Å². The smallest absolute Gasteiger partial charge is 0.262 e. The van der Waals surface area contributed by atoms with Crippen molar-refractivity contribution in [3.05, 3.63) is 59.7 Å². The molecule has 0 bridgehead atoms. The Morgan fingerprint density at radius 3 is 2.18 bits per heavy atom. The average Bonchev–Trinajstić information content (AvgIpc) is 2.73. The number of Topliss-reactive ketones (excluding diaryl/α,β-unsaturated/α-hetero) is 1. The zero-order chi connectivity index (χ0) is 19.9. The first-order valence-corrected chi connectivity index (χ1v) is 9.03. The minimum atomic E-state index is -0.316.